The molecule has 2 aliphatic rings. The molecule has 3 aromatic rings. The minimum Gasteiger partial charge on any atom is -0.493 e. The molecule has 2 amide bonds. The molecular weight excluding hydrogens is 450 g/mol. The van der Waals surface area contributed by atoms with Crippen LogP contribution in [0.5, 0.6) is 11.5 Å². The predicted molar refractivity (Wildman–Crippen MR) is 141 cm³/mol. The molecule has 1 unspecified atom stereocenters. The largest absolute Gasteiger partial charge is 0.493 e. The van der Waals surface area contributed by atoms with Crippen molar-refractivity contribution in [1.29, 1.82) is 0 Å². The second-order valence-corrected chi connectivity index (χ2v) is 9.62. The zero-order valence-corrected chi connectivity index (χ0v) is 21.2. The van der Waals surface area contributed by atoms with Gasteiger partial charge in [0.05, 0.1) is 20.3 Å². The summed E-state index contributed by atoms with van der Waals surface area (Å²) >= 11 is 0. The Morgan fingerprint density at radius 2 is 1.56 bits per heavy atom. The highest BCUT2D eigenvalue weighted by Gasteiger charge is 2.33. The van der Waals surface area contributed by atoms with E-state index in [9.17, 15) is 4.79 Å². The molecule has 36 heavy (non-hydrogen) atoms. The van der Waals surface area contributed by atoms with Crippen LogP contribution < -0.4 is 14.8 Å². The summed E-state index contributed by atoms with van der Waals surface area (Å²) in [6, 6.07) is 22.6. The number of hydrogen-bond acceptors (Lipinski definition) is 4. The van der Waals surface area contributed by atoms with Gasteiger partial charge in [0.2, 0.25) is 0 Å². The van der Waals surface area contributed by atoms with Crippen molar-refractivity contribution in [2.24, 2.45) is 0 Å². The zero-order chi connectivity index (χ0) is 24.9. The van der Waals surface area contributed by atoms with Gasteiger partial charge in [-0.2, -0.15) is 0 Å². The number of benzene rings is 3. The molecule has 2 heterocycles. The van der Waals surface area contributed by atoms with E-state index >= 15 is 0 Å². The second-order valence-electron chi connectivity index (χ2n) is 9.62. The minimum absolute atomic E-state index is 0.0644. The normalized spacial score (nSPS) is 17.5. The SMILES string of the molecule is COc1cc2c(cc1OC)C(c1ccccc1)N(C(=O)NCc1ccc(CN3CCCC3)cc1)CC2. The van der Waals surface area contributed by atoms with Gasteiger partial charge in [-0.3, -0.25) is 4.90 Å². The molecule has 1 fully saturated rings. The van der Waals surface area contributed by atoms with Crippen molar-refractivity contribution in [3.05, 3.63) is 94.5 Å². The number of urea groups is 1. The van der Waals surface area contributed by atoms with E-state index in [0.717, 1.165) is 29.7 Å². The van der Waals surface area contributed by atoms with Crippen molar-refractivity contribution < 1.29 is 14.3 Å². The van der Waals surface area contributed by atoms with E-state index < -0.39 is 0 Å². The summed E-state index contributed by atoms with van der Waals surface area (Å²) in [6.45, 7) is 4.52. The van der Waals surface area contributed by atoms with Gasteiger partial charge >= 0.3 is 6.03 Å². The fraction of sp³-hybridized carbons (Fsp3) is 0.367. The Labute approximate surface area is 213 Å². The summed E-state index contributed by atoms with van der Waals surface area (Å²) in [5, 5.41) is 3.16. The van der Waals surface area contributed by atoms with Crippen molar-refractivity contribution in [3.8, 4) is 11.5 Å². The highest BCUT2D eigenvalue weighted by atomic mass is 16.5. The van der Waals surface area contributed by atoms with Gasteiger partial charge in [-0.05, 0) is 72.3 Å². The molecule has 0 spiro atoms. The maximum atomic E-state index is 13.5. The Kier molecular flexibility index (Phi) is 7.42. The van der Waals surface area contributed by atoms with Gasteiger partial charge in [-0.25, -0.2) is 4.79 Å². The third-order valence-electron chi connectivity index (χ3n) is 7.32. The number of nitrogens with one attached hydrogen (secondary N) is 1. The van der Waals surface area contributed by atoms with Gasteiger partial charge in [0.15, 0.2) is 11.5 Å². The number of likely N-dealkylation sites (tertiary alicyclic amines) is 1. The van der Waals surface area contributed by atoms with Gasteiger partial charge < -0.3 is 19.7 Å². The minimum atomic E-state index is -0.197. The quantitative estimate of drug-likeness (QED) is 0.503. The van der Waals surface area contributed by atoms with Crippen molar-refractivity contribution in [2.45, 2.75) is 38.4 Å². The lowest BCUT2D eigenvalue weighted by atomic mass is 9.88. The molecule has 6 nitrogen and oxygen atoms in total. The first-order valence-electron chi connectivity index (χ1n) is 12.8. The summed E-state index contributed by atoms with van der Waals surface area (Å²) in [5.74, 6) is 1.39. The molecule has 5 rings (SSSR count). The Morgan fingerprint density at radius 1 is 0.889 bits per heavy atom. The van der Waals surface area contributed by atoms with E-state index in [2.05, 4.69) is 46.6 Å². The lowest BCUT2D eigenvalue weighted by molar-refractivity contribution is 0.179. The molecule has 6 heteroatoms. The van der Waals surface area contributed by atoms with Crippen LogP contribution in [-0.2, 0) is 19.5 Å². The topological polar surface area (TPSA) is 54.0 Å². The average Bonchev–Trinajstić information content (AvgIpc) is 3.44. The van der Waals surface area contributed by atoms with Crippen molar-refractivity contribution in [1.82, 2.24) is 15.1 Å². The van der Waals surface area contributed by atoms with Gasteiger partial charge in [-0.15, -0.1) is 0 Å². The van der Waals surface area contributed by atoms with Crippen LogP contribution >= 0.6 is 0 Å². The first kappa shape index (κ1) is 24.2. The molecule has 2 aliphatic heterocycles. The number of rotatable bonds is 7. The third-order valence-corrected chi connectivity index (χ3v) is 7.32. The van der Waals surface area contributed by atoms with E-state index in [4.69, 9.17) is 9.47 Å². The summed E-state index contributed by atoms with van der Waals surface area (Å²) in [7, 11) is 3.30. The second kappa shape index (κ2) is 11.0. The maximum absolute atomic E-state index is 13.5. The molecule has 3 aromatic carbocycles. The summed E-state index contributed by atoms with van der Waals surface area (Å²) in [5.41, 5.74) is 5.76. The Hall–Kier alpha value is -3.51. The predicted octanol–water partition coefficient (Wildman–Crippen LogP) is 5.16. The molecular formula is C30H35N3O3. The lowest BCUT2D eigenvalue weighted by Crippen LogP contribution is -2.45. The monoisotopic (exact) mass is 485 g/mol. The molecule has 0 saturated carbocycles. The molecule has 188 valence electrons. The van der Waals surface area contributed by atoms with Crippen LogP contribution in [0.25, 0.3) is 0 Å². The van der Waals surface area contributed by atoms with Crippen LogP contribution in [0.3, 0.4) is 0 Å². The number of amides is 2. The van der Waals surface area contributed by atoms with Gasteiger partial charge in [0, 0.05) is 19.6 Å². The number of carbonyl (C=O) groups excluding carboxylic acids is 1. The Bertz CT molecular complexity index is 1170. The smallest absolute Gasteiger partial charge is 0.318 e. The van der Waals surface area contributed by atoms with Gasteiger partial charge in [-0.1, -0.05) is 54.6 Å². The number of ether oxygens (including phenoxy) is 2. The van der Waals surface area contributed by atoms with Crippen LogP contribution in [0.4, 0.5) is 4.79 Å². The number of carbonyl (C=O) groups is 1. The fourth-order valence-corrected chi connectivity index (χ4v) is 5.40. The van der Waals surface area contributed by atoms with Gasteiger partial charge in [0.25, 0.3) is 0 Å². The molecule has 1 atom stereocenters. The summed E-state index contributed by atoms with van der Waals surface area (Å²) < 4.78 is 11.1. The highest BCUT2D eigenvalue weighted by molar-refractivity contribution is 5.76. The van der Waals surface area contributed by atoms with Crippen LogP contribution in [0, 0.1) is 0 Å². The fourth-order valence-electron chi connectivity index (χ4n) is 5.40. The van der Waals surface area contributed by atoms with Crippen molar-refractivity contribution in [3.63, 3.8) is 0 Å². The van der Waals surface area contributed by atoms with E-state index in [0.29, 0.717) is 24.6 Å². The van der Waals surface area contributed by atoms with Crippen molar-refractivity contribution >= 4 is 6.03 Å². The van der Waals surface area contributed by atoms with Crippen LogP contribution in [0.1, 0.15) is 46.7 Å². The third kappa shape index (κ3) is 5.19. The van der Waals surface area contributed by atoms with E-state index in [1.54, 1.807) is 14.2 Å². The van der Waals surface area contributed by atoms with Crippen LogP contribution in [0.15, 0.2) is 66.7 Å². The standard InChI is InChI=1S/C30H35N3O3/c1-35-27-18-25-14-17-33(29(24-8-4-3-5-9-24)26(25)19-28(27)36-2)30(34)31-20-22-10-12-23(13-11-22)21-32-15-6-7-16-32/h3-5,8-13,18-19,29H,6-7,14-17,20-21H2,1-2H3,(H,31,34). The van der Waals surface area contributed by atoms with E-state index in [-0.39, 0.29) is 12.1 Å². The maximum Gasteiger partial charge on any atom is 0.318 e. The average molecular weight is 486 g/mol. The first-order valence-corrected chi connectivity index (χ1v) is 12.8. The first-order chi connectivity index (χ1) is 17.7. The Balaban J connectivity index is 1.33. The zero-order valence-electron chi connectivity index (χ0n) is 21.2. The summed E-state index contributed by atoms with van der Waals surface area (Å²) in [4.78, 5) is 17.9. The summed E-state index contributed by atoms with van der Waals surface area (Å²) in [6.07, 6.45) is 3.36. The van der Waals surface area contributed by atoms with Gasteiger partial charge in [0.1, 0.15) is 0 Å². The van der Waals surface area contributed by atoms with Crippen LogP contribution in [-0.4, -0.2) is 49.7 Å². The number of methoxy groups -OCH3 is 2. The highest BCUT2D eigenvalue weighted by Crippen LogP contribution is 2.41. The number of nitrogens with zero attached hydrogens (tertiary/aromatic N) is 2. The molecule has 0 aromatic heterocycles. The van der Waals surface area contributed by atoms with E-state index in [1.807, 2.05) is 35.2 Å². The molecule has 1 saturated heterocycles. The van der Waals surface area contributed by atoms with Crippen LogP contribution in [0.2, 0.25) is 0 Å². The molecule has 0 aliphatic carbocycles. The van der Waals surface area contributed by atoms with Crippen molar-refractivity contribution in [2.75, 3.05) is 33.9 Å². The number of hydrogen-bond donors (Lipinski definition) is 1. The number of fused-ring (bicyclic) bond motifs is 1. The Morgan fingerprint density at radius 3 is 2.25 bits per heavy atom. The molecule has 0 radical (unpaired) electrons. The molecule has 1 N–H and O–H groups in total. The van der Waals surface area contributed by atoms with E-state index in [1.165, 1.54) is 37.1 Å². The lowest BCUT2D eigenvalue weighted by Gasteiger charge is -2.38. The molecule has 0 bridgehead atoms.